The fourth-order valence-corrected chi connectivity index (χ4v) is 3.49. The van der Waals surface area contributed by atoms with Crippen LogP contribution in [0.25, 0.3) is 0 Å². The minimum absolute atomic E-state index is 0.0908. The second-order valence-electron chi connectivity index (χ2n) is 5.31. The fraction of sp³-hybridized carbons (Fsp3) is 0.538. The highest BCUT2D eigenvalue weighted by molar-refractivity contribution is 7.89. The molecule has 0 saturated carbocycles. The van der Waals surface area contributed by atoms with Crippen LogP contribution in [0, 0.1) is 6.92 Å². The number of hydrogen-bond donors (Lipinski definition) is 1. The van der Waals surface area contributed by atoms with Gasteiger partial charge in [0.15, 0.2) is 5.76 Å². The summed E-state index contributed by atoms with van der Waals surface area (Å²) in [7, 11) is -0.963. The standard InChI is InChI=1S/C13H18N2O6S/c1-8-11(22(19,20)14(2)3)7-10(21-8)12(16)15-6-4-5-9(15)13(17)18/h7,9H,4-6H2,1-3H3,(H,17,18)/t9-/m0/s1. The van der Waals surface area contributed by atoms with Gasteiger partial charge < -0.3 is 14.4 Å². The first-order valence-electron chi connectivity index (χ1n) is 6.73. The van der Waals surface area contributed by atoms with Crippen LogP contribution in [-0.2, 0) is 14.8 Å². The minimum Gasteiger partial charge on any atom is -0.480 e. The molecule has 1 saturated heterocycles. The van der Waals surface area contributed by atoms with Crippen molar-refractivity contribution in [3.8, 4) is 0 Å². The van der Waals surface area contributed by atoms with Crippen LogP contribution >= 0.6 is 0 Å². The van der Waals surface area contributed by atoms with E-state index in [-0.39, 0.29) is 16.4 Å². The second-order valence-corrected chi connectivity index (χ2v) is 7.43. The molecule has 0 spiro atoms. The molecular weight excluding hydrogens is 312 g/mol. The van der Waals surface area contributed by atoms with Gasteiger partial charge in [-0.1, -0.05) is 0 Å². The molecule has 1 aliphatic heterocycles. The lowest BCUT2D eigenvalue weighted by Gasteiger charge is -2.19. The van der Waals surface area contributed by atoms with Crippen molar-refractivity contribution in [3.05, 3.63) is 17.6 Å². The summed E-state index contributed by atoms with van der Waals surface area (Å²) in [6.45, 7) is 1.76. The van der Waals surface area contributed by atoms with Crippen molar-refractivity contribution in [2.45, 2.75) is 30.7 Å². The number of carbonyl (C=O) groups is 2. The summed E-state index contributed by atoms with van der Waals surface area (Å²) in [4.78, 5) is 24.6. The van der Waals surface area contributed by atoms with Gasteiger partial charge in [-0.05, 0) is 19.8 Å². The molecule has 1 N–H and O–H groups in total. The Kier molecular flexibility index (Phi) is 4.30. The highest BCUT2D eigenvalue weighted by Gasteiger charge is 2.36. The van der Waals surface area contributed by atoms with Crippen LogP contribution in [-0.4, -0.2) is 61.3 Å². The van der Waals surface area contributed by atoms with Crippen molar-refractivity contribution in [2.24, 2.45) is 0 Å². The Bertz CT molecular complexity index is 706. The van der Waals surface area contributed by atoms with E-state index in [0.29, 0.717) is 19.4 Å². The molecule has 1 aromatic heterocycles. The van der Waals surface area contributed by atoms with Crippen LogP contribution in [0.2, 0.25) is 0 Å². The van der Waals surface area contributed by atoms with Crippen LogP contribution in [0.3, 0.4) is 0 Å². The Morgan fingerprint density at radius 1 is 1.41 bits per heavy atom. The fourth-order valence-electron chi connectivity index (χ4n) is 2.43. The quantitative estimate of drug-likeness (QED) is 0.862. The number of carbonyl (C=O) groups excluding carboxylic acids is 1. The molecule has 0 radical (unpaired) electrons. The first-order chi connectivity index (χ1) is 10.2. The molecule has 1 fully saturated rings. The molecule has 1 aromatic rings. The molecule has 8 nitrogen and oxygen atoms in total. The van der Waals surface area contributed by atoms with Crippen molar-refractivity contribution >= 4 is 21.9 Å². The van der Waals surface area contributed by atoms with Crippen molar-refractivity contribution in [1.29, 1.82) is 0 Å². The van der Waals surface area contributed by atoms with Gasteiger partial charge in [0.05, 0.1) is 0 Å². The van der Waals surface area contributed by atoms with Crippen LogP contribution in [0.4, 0.5) is 0 Å². The number of nitrogens with zero attached hydrogens (tertiary/aromatic N) is 2. The maximum absolute atomic E-state index is 12.4. The zero-order valence-electron chi connectivity index (χ0n) is 12.6. The van der Waals surface area contributed by atoms with E-state index in [0.717, 1.165) is 10.4 Å². The number of amides is 1. The normalized spacial score (nSPS) is 18.9. The van der Waals surface area contributed by atoms with E-state index in [1.807, 2.05) is 0 Å². The van der Waals surface area contributed by atoms with Gasteiger partial charge >= 0.3 is 5.97 Å². The molecule has 0 aromatic carbocycles. The molecule has 9 heteroatoms. The van der Waals surface area contributed by atoms with Crippen LogP contribution in [0.1, 0.15) is 29.2 Å². The minimum atomic E-state index is -3.72. The molecular formula is C13H18N2O6S. The van der Waals surface area contributed by atoms with Crippen molar-refractivity contribution in [1.82, 2.24) is 9.21 Å². The Morgan fingerprint density at radius 3 is 2.59 bits per heavy atom. The van der Waals surface area contributed by atoms with E-state index >= 15 is 0 Å². The van der Waals surface area contributed by atoms with Gasteiger partial charge in [0.25, 0.3) is 5.91 Å². The molecule has 0 unspecified atom stereocenters. The summed E-state index contributed by atoms with van der Waals surface area (Å²) in [5.41, 5.74) is 0. The number of carboxylic acid groups (broad SMARTS) is 1. The van der Waals surface area contributed by atoms with Gasteiger partial charge in [0.1, 0.15) is 16.7 Å². The zero-order valence-corrected chi connectivity index (χ0v) is 13.4. The van der Waals surface area contributed by atoms with Crippen molar-refractivity contribution in [3.63, 3.8) is 0 Å². The summed E-state index contributed by atoms with van der Waals surface area (Å²) in [6.07, 6.45) is 0.967. The van der Waals surface area contributed by atoms with Gasteiger partial charge in [-0.3, -0.25) is 4.79 Å². The van der Waals surface area contributed by atoms with E-state index in [2.05, 4.69) is 0 Å². The molecule has 2 heterocycles. The maximum atomic E-state index is 12.4. The average Bonchev–Trinajstić information content (AvgIpc) is 3.04. The number of aliphatic carboxylic acids is 1. The molecule has 1 atom stereocenters. The van der Waals surface area contributed by atoms with Gasteiger partial charge in [0.2, 0.25) is 10.0 Å². The van der Waals surface area contributed by atoms with Crippen molar-refractivity contribution in [2.75, 3.05) is 20.6 Å². The molecule has 22 heavy (non-hydrogen) atoms. The lowest BCUT2D eigenvalue weighted by Crippen LogP contribution is -2.40. The first kappa shape index (κ1) is 16.5. The number of likely N-dealkylation sites (tertiary alicyclic amines) is 1. The number of furan rings is 1. The zero-order chi connectivity index (χ0) is 16.7. The molecule has 0 aliphatic carbocycles. The number of sulfonamides is 1. The Morgan fingerprint density at radius 2 is 2.05 bits per heavy atom. The Labute approximate surface area is 128 Å². The van der Waals surface area contributed by atoms with Crippen molar-refractivity contribution < 1.29 is 27.5 Å². The highest BCUT2D eigenvalue weighted by atomic mass is 32.2. The van der Waals surface area contributed by atoms with Gasteiger partial charge in [-0.15, -0.1) is 0 Å². The van der Waals surface area contributed by atoms with Crippen LogP contribution in [0.5, 0.6) is 0 Å². The van der Waals surface area contributed by atoms with E-state index in [4.69, 9.17) is 9.52 Å². The molecule has 0 bridgehead atoms. The predicted octanol–water partition coefficient (Wildman–Crippen LogP) is 0.528. The summed E-state index contributed by atoms with van der Waals surface area (Å²) in [6, 6.07) is 0.261. The smallest absolute Gasteiger partial charge is 0.326 e. The van der Waals surface area contributed by atoms with E-state index < -0.39 is 27.9 Å². The largest absolute Gasteiger partial charge is 0.480 e. The summed E-state index contributed by atoms with van der Waals surface area (Å²) < 4.78 is 30.5. The monoisotopic (exact) mass is 330 g/mol. The topological polar surface area (TPSA) is 108 Å². The van der Waals surface area contributed by atoms with Gasteiger partial charge in [-0.25, -0.2) is 17.5 Å². The molecule has 122 valence electrons. The summed E-state index contributed by atoms with van der Waals surface area (Å²) >= 11 is 0. The number of rotatable bonds is 4. The van der Waals surface area contributed by atoms with E-state index in [9.17, 15) is 18.0 Å². The number of hydrogen-bond acceptors (Lipinski definition) is 5. The van der Waals surface area contributed by atoms with E-state index in [1.54, 1.807) is 0 Å². The lowest BCUT2D eigenvalue weighted by molar-refractivity contribution is -0.141. The predicted molar refractivity (Wildman–Crippen MR) is 76.0 cm³/mol. The SMILES string of the molecule is Cc1oc(C(=O)N2CCC[C@H]2C(=O)O)cc1S(=O)(=O)N(C)C. The molecule has 2 rings (SSSR count). The second kappa shape index (κ2) is 5.73. The lowest BCUT2D eigenvalue weighted by atomic mass is 10.2. The molecule has 1 aliphatic rings. The summed E-state index contributed by atoms with van der Waals surface area (Å²) in [5, 5.41) is 9.11. The first-order valence-corrected chi connectivity index (χ1v) is 8.17. The van der Waals surface area contributed by atoms with Gasteiger partial charge in [-0.2, -0.15) is 0 Å². The Hall–Kier alpha value is -1.87. The maximum Gasteiger partial charge on any atom is 0.326 e. The van der Waals surface area contributed by atoms with Crippen LogP contribution in [0.15, 0.2) is 15.4 Å². The third kappa shape index (κ3) is 2.73. The summed E-state index contributed by atoms with van der Waals surface area (Å²) in [5.74, 6) is -1.74. The molecule has 1 amide bonds. The third-order valence-corrected chi connectivity index (χ3v) is 5.56. The third-order valence-electron chi connectivity index (χ3n) is 3.64. The van der Waals surface area contributed by atoms with Gasteiger partial charge in [0, 0.05) is 26.7 Å². The van der Waals surface area contributed by atoms with Crippen LogP contribution < -0.4 is 0 Å². The number of carboxylic acids is 1. The van der Waals surface area contributed by atoms with E-state index in [1.165, 1.54) is 25.9 Å². The highest BCUT2D eigenvalue weighted by Crippen LogP contribution is 2.26. The average molecular weight is 330 g/mol. The Balaban J connectivity index is 2.35. The number of aryl methyl sites for hydroxylation is 1.